The van der Waals surface area contributed by atoms with Gasteiger partial charge in [-0.25, -0.2) is 17.6 Å². The van der Waals surface area contributed by atoms with Crippen LogP contribution in [0.4, 0.5) is 17.6 Å². The van der Waals surface area contributed by atoms with Gasteiger partial charge in [0.2, 0.25) is 0 Å². The van der Waals surface area contributed by atoms with Crippen molar-refractivity contribution in [2.45, 2.75) is 66.2 Å². The average Bonchev–Trinajstić information content (AvgIpc) is 1.44. The first kappa shape index (κ1) is 75.0. The van der Waals surface area contributed by atoms with E-state index in [4.69, 9.17) is 65.4 Å². The maximum absolute atomic E-state index is 13.5. The zero-order chi connectivity index (χ0) is 76.5. The number of methoxy groups -OCH3 is 2. The highest BCUT2D eigenvalue weighted by Gasteiger charge is 2.37. The molecule has 4 aliphatic heterocycles. The highest BCUT2D eigenvalue weighted by molar-refractivity contribution is 6.32. The number of phenolic OH excluding ortho intramolecular Hbond substituents is 2. The molecular formula is C82H64Cl4F4N8O10. The summed E-state index contributed by atoms with van der Waals surface area (Å²) in [5, 5.41) is 24.6. The minimum atomic E-state index is -0.502. The first-order valence-electron chi connectivity index (χ1n) is 33.5. The van der Waals surface area contributed by atoms with Gasteiger partial charge in [0.15, 0.2) is 36.6 Å². The first-order valence-corrected chi connectivity index (χ1v) is 35.0. The summed E-state index contributed by atoms with van der Waals surface area (Å²) >= 11 is 23.4. The Kier molecular flexibility index (Phi) is 22.0. The topological polar surface area (TPSA) is 210 Å². The molecule has 0 aliphatic carbocycles. The zero-order valence-corrected chi connectivity index (χ0v) is 61.3. The molecule has 8 heterocycles. The molecule has 0 saturated heterocycles. The summed E-state index contributed by atoms with van der Waals surface area (Å²) in [6, 6.07) is 32.8. The van der Waals surface area contributed by atoms with E-state index in [0.717, 1.165) is 82.7 Å². The lowest BCUT2D eigenvalue weighted by molar-refractivity contribution is 0.0502. The van der Waals surface area contributed by atoms with Gasteiger partial charge in [-0.1, -0.05) is 96.0 Å². The number of rotatable bonds is 16. The summed E-state index contributed by atoms with van der Waals surface area (Å²) in [6.07, 6.45) is 9.96. The largest absolute Gasteiger partial charge is 0.505 e. The molecule has 0 fully saturated rings. The number of amides is 4. The Morgan fingerprint density at radius 2 is 0.685 bits per heavy atom. The van der Waals surface area contributed by atoms with E-state index in [2.05, 4.69) is 33.1 Å². The highest BCUT2D eigenvalue weighted by atomic mass is 35.5. The number of ether oxygens (including phenoxy) is 4. The fraction of sp³-hybridized carbons (Fsp3) is 0.171. The van der Waals surface area contributed by atoms with Gasteiger partial charge in [0.25, 0.3) is 23.6 Å². The van der Waals surface area contributed by atoms with Gasteiger partial charge >= 0.3 is 0 Å². The Morgan fingerprint density at radius 3 is 1.02 bits per heavy atom. The van der Waals surface area contributed by atoms with Gasteiger partial charge in [-0.15, -0.1) is 0 Å². The second-order valence-electron chi connectivity index (χ2n) is 25.8. The van der Waals surface area contributed by atoms with Crippen molar-refractivity contribution < 1.29 is 65.9 Å². The van der Waals surface area contributed by atoms with Crippen LogP contribution in [0.25, 0.3) is 55.8 Å². The molecule has 4 aliphatic rings. The van der Waals surface area contributed by atoms with Gasteiger partial charge in [0.1, 0.15) is 45.3 Å². The molecule has 8 aromatic carbocycles. The fourth-order valence-electron chi connectivity index (χ4n) is 13.6. The van der Waals surface area contributed by atoms with E-state index in [-0.39, 0.29) is 87.5 Å². The number of pyridine rings is 4. The Hall–Kier alpha value is -11.2. The summed E-state index contributed by atoms with van der Waals surface area (Å²) in [7, 11) is 3.04. The molecular weight excluding hydrogens is 1470 g/mol. The number of halogens is 8. The van der Waals surface area contributed by atoms with E-state index < -0.39 is 23.3 Å². The summed E-state index contributed by atoms with van der Waals surface area (Å²) in [6.45, 7) is 14.3. The molecule has 4 aromatic heterocycles. The second-order valence-corrected chi connectivity index (χ2v) is 27.4. The van der Waals surface area contributed by atoms with E-state index in [0.29, 0.717) is 95.1 Å². The minimum Gasteiger partial charge on any atom is -0.505 e. The van der Waals surface area contributed by atoms with Crippen molar-refractivity contribution in [1.29, 1.82) is 0 Å². The second kappa shape index (κ2) is 31.7. The number of phenols is 2. The van der Waals surface area contributed by atoms with Crippen LogP contribution in [-0.4, -0.2) is 101 Å². The molecule has 0 atom stereocenters. The zero-order valence-electron chi connectivity index (χ0n) is 58.3. The third kappa shape index (κ3) is 14.9. The molecule has 26 heteroatoms. The van der Waals surface area contributed by atoms with Crippen LogP contribution in [0.15, 0.2) is 159 Å². The number of benzene rings is 8. The van der Waals surface area contributed by atoms with Gasteiger partial charge in [-0.2, -0.15) is 0 Å². The number of carbonyl (C=O) groups excluding carboxylic acids is 4. The molecule has 12 aromatic rings. The molecule has 0 saturated carbocycles. The maximum Gasteiger partial charge on any atom is 0.258 e. The molecule has 0 radical (unpaired) electrons. The predicted molar refractivity (Wildman–Crippen MR) is 405 cm³/mol. The first-order chi connectivity index (χ1) is 52.0. The number of aromatic hydroxyl groups is 2. The van der Waals surface area contributed by atoms with Crippen LogP contribution < -0.4 is 9.47 Å². The highest BCUT2D eigenvalue weighted by Crippen LogP contribution is 2.44. The molecule has 2 N–H and O–H groups in total. The molecule has 0 spiro atoms. The van der Waals surface area contributed by atoms with Crippen molar-refractivity contribution in [2.75, 3.05) is 27.8 Å². The Morgan fingerprint density at radius 1 is 0.407 bits per heavy atom. The number of aromatic nitrogens is 4. The van der Waals surface area contributed by atoms with Crippen molar-refractivity contribution in [3.05, 3.63) is 292 Å². The van der Waals surface area contributed by atoms with Crippen LogP contribution in [0.2, 0.25) is 20.1 Å². The average molecular weight is 1540 g/mol. The summed E-state index contributed by atoms with van der Waals surface area (Å²) < 4.78 is 75.1. The van der Waals surface area contributed by atoms with Crippen LogP contribution >= 0.6 is 46.4 Å². The van der Waals surface area contributed by atoms with Gasteiger partial charge in [0, 0.05) is 113 Å². The summed E-state index contributed by atoms with van der Waals surface area (Å²) in [4.78, 5) is 75.6. The van der Waals surface area contributed by atoms with Crippen LogP contribution in [0.3, 0.4) is 0 Å². The van der Waals surface area contributed by atoms with Crippen LogP contribution in [0.5, 0.6) is 23.0 Å². The van der Waals surface area contributed by atoms with Crippen LogP contribution in [0.1, 0.15) is 108 Å². The third-order valence-corrected chi connectivity index (χ3v) is 19.9. The maximum atomic E-state index is 13.5. The van der Waals surface area contributed by atoms with E-state index in [1.54, 1.807) is 86.9 Å². The summed E-state index contributed by atoms with van der Waals surface area (Å²) in [5.74, 6) is -2.23. The third-order valence-electron chi connectivity index (χ3n) is 18.8. The van der Waals surface area contributed by atoms with Gasteiger partial charge in [-0.05, 0) is 178 Å². The molecule has 0 bridgehead atoms. The Balaban J connectivity index is 0.000000127. The SMILES string of the molecule is C=Cc1ccnc2c(O)c3c(cc12)CN(Cc1ccc(F)c(Cl)c1)C3=O.C=Cc1ccnc2c(OCOC)c3c(cc12)CN(Cc1ccc(F)c(Cl)c1)C3=O.COCOc1c2c(cc3c(C)ccnc13)CN(Cc1ccc(F)c(Cl)c1)C2=O.Cc1ccnc2c(O)c3c(cc12)CN(Cc1ccc(F)c(Cl)c1)C3=O. The van der Waals surface area contributed by atoms with Crippen LogP contribution in [-0.2, 0) is 61.8 Å². The predicted octanol–water partition coefficient (Wildman–Crippen LogP) is 18.0. The monoisotopic (exact) mass is 1540 g/mol. The van der Waals surface area contributed by atoms with Gasteiger partial charge in [-0.3, -0.25) is 39.1 Å². The standard InChI is InChI=1S/C22H18ClFN2O3.C21H18ClFN2O3.C20H14ClFN2O2.C19H14ClFN2O2/c1-3-14-6-7-25-20-16(14)9-15-11-26(10-13-4-5-18(24)17(23)8-13)22(27)19(15)21(20)29-12-28-2;1-12-5-6-24-19-15(12)8-14-10-25(9-13-3-4-17(23)16(22)7-13)21(26)18(14)20(19)28-11-27-2;1-2-12-5-6-23-18-14(12)8-13-10-24(20(26)17(13)19(18)25)9-11-3-4-16(22)15(21)7-11;1-10-4-5-22-17-13(10)7-12-9-23(19(25)16(12)18(17)24)8-11-2-3-15(21)14(20)6-11/h3-9H,1,10-12H2,2H3;3-8H,9-11H2,1-2H3;2-8,25H,1,9-10H2;2-7,24H,8-9H2,1H3. The molecule has 16 rings (SSSR count). The van der Waals surface area contributed by atoms with Crippen molar-refractivity contribution in [2.24, 2.45) is 0 Å². The Labute approximate surface area is 636 Å². The van der Waals surface area contributed by atoms with E-state index in [1.807, 2.05) is 56.3 Å². The minimum absolute atomic E-state index is 0.00754. The Bertz CT molecular complexity index is 5720. The number of nitrogens with zero attached hydrogens (tertiary/aromatic N) is 8. The number of fused-ring (bicyclic) bond motifs is 8. The van der Waals surface area contributed by atoms with Gasteiger partial charge < -0.3 is 48.8 Å². The quantitative estimate of drug-likeness (QED) is 0.0681. The molecule has 108 heavy (non-hydrogen) atoms. The molecule has 0 unspecified atom stereocenters. The van der Waals surface area contributed by atoms with Crippen LogP contribution in [0, 0.1) is 37.1 Å². The van der Waals surface area contributed by atoms with E-state index in [1.165, 1.54) is 62.8 Å². The normalized spacial score (nSPS) is 13.3. The number of aryl methyl sites for hydroxylation is 2. The number of hydrogen-bond acceptors (Lipinski definition) is 14. The number of carbonyl (C=O) groups is 4. The van der Waals surface area contributed by atoms with Crippen molar-refractivity contribution in [1.82, 2.24) is 39.5 Å². The molecule has 18 nitrogen and oxygen atoms in total. The van der Waals surface area contributed by atoms with Crippen molar-refractivity contribution >= 4 is 126 Å². The van der Waals surface area contributed by atoms with E-state index >= 15 is 0 Å². The lowest BCUT2D eigenvalue weighted by atomic mass is 10.0. The lowest BCUT2D eigenvalue weighted by Crippen LogP contribution is -2.23. The lowest BCUT2D eigenvalue weighted by Gasteiger charge is -2.16. The smallest absolute Gasteiger partial charge is 0.258 e. The summed E-state index contributed by atoms with van der Waals surface area (Å²) in [5.41, 5.74) is 13.4. The van der Waals surface area contributed by atoms with Gasteiger partial charge in [0.05, 0.1) is 42.3 Å². The van der Waals surface area contributed by atoms with Crippen molar-refractivity contribution in [3.8, 4) is 23.0 Å². The fourth-order valence-corrected chi connectivity index (χ4v) is 14.4. The number of hydrogen-bond donors (Lipinski definition) is 2. The molecule has 548 valence electrons. The molecule has 4 amide bonds. The van der Waals surface area contributed by atoms with Crippen molar-refractivity contribution in [3.63, 3.8) is 0 Å². The van der Waals surface area contributed by atoms with E-state index in [9.17, 15) is 47.0 Å².